The van der Waals surface area contributed by atoms with Crippen LogP contribution < -0.4 is 5.43 Å². The first-order valence-corrected chi connectivity index (χ1v) is 4.90. The van der Waals surface area contributed by atoms with Gasteiger partial charge in [0.25, 0.3) is 0 Å². The molecule has 0 aliphatic carbocycles. The van der Waals surface area contributed by atoms with Gasteiger partial charge in [-0.15, -0.1) is 0 Å². The van der Waals surface area contributed by atoms with E-state index in [9.17, 15) is 4.79 Å². The number of aromatic nitrogens is 2. The third-order valence-corrected chi connectivity index (χ3v) is 2.32. The largest absolute Gasteiger partial charge is 0.396 e. The quantitative estimate of drug-likeness (QED) is 0.778. The van der Waals surface area contributed by atoms with E-state index < -0.39 is 0 Å². The molecule has 2 rings (SSSR count). The lowest BCUT2D eigenvalue weighted by molar-refractivity contribution is 0.288. The second-order valence-corrected chi connectivity index (χ2v) is 3.37. The van der Waals surface area contributed by atoms with Crippen molar-refractivity contribution in [3.63, 3.8) is 0 Å². The average Bonchev–Trinajstić information content (AvgIpc) is 2.29. The van der Waals surface area contributed by atoms with Gasteiger partial charge in [0.1, 0.15) is 5.69 Å². The molecule has 0 aliphatic heterocycles. The number of aliphatic hydroxyl groups is 1. The molecule has 1 aromatic heterocycles. The van der Waals surface area contributed by atoms with E-state index in [2.05, 4.69) is 10.2 Å². The van der Waals surface area contributed by atoms with E-state index in [0.29, 0.717) is 23.9 Å². The Hall–Kier alpha value is -1.68. The van der Waals surface area contributed by atoms with E-state index in [-0.39, 0.29) is 12.0 Å². The summed E-state index contributed by atoms with van der Waals surface area (Å²) in [7, 11) is 0. The summed E-state index contributed by atoms with van der Waals surface area (Å²) in [5.41, 5.74) is 1.19. The van der Waals surface area contributed by atoms with Gasteiger partial charge in [-0.1, -0.05) is 12.1 Å². The number of hydrogen-bond acceptors (Lipinski definition) is 3. The SMILES string of the molecule is O=c1c(CCCO)n[nH]c2ccccc12. The maximum Gasteiger partial charge on any atom is 0.211 e. The Labute approximate surface area is 86.6 Å². The van der Waals surface area contributed by atoms with Gasteiger partial charge in [0, 0.05) is 12.0 Å². The predicted molar refractivity (Wildman–Crippen MR) is 57.8 cm³/mol. The van der Waals surface area contributed by atoms with Crippen LogP contribution in [0.3, 0.4) is 0 Å². The second-order valence-electron chi connectivity index (χ2n) is 3.37. The molecule has 0 aliphatic rings. The second kappa shape index (κ2) is 4.23. The zero-order chi connectivity index (χ0) is 10.7. The molecule has 0 spiro atoms. The van der Waals surface area contributed by atoms with Crippen molar-refractivity contribution < 1.29 is 5.11 Å². The molecule has 0 radical (unpaired) electrons. The lowest BCUT2D eigenvalue weighted by Gasteiger charge is -2.00. The van der Waals surface area contributed by atoms with Crippen LogP contribution in [0, 0.1) is 0 Å². The van der Waals surface area contributed by atoms with Gasteiger partial charge in [-0.05, 0) is 25.0 Å². The number of para-hydroxylation sites is 1. The van der Waals surface area contributed by atoms with Crippen LogP contribution in [0.1, 0.15) is 12.1 Å². The van der Waals surface area contributed by atoms with Gasteiger partial charge >= 0.3 is 0 Å². The zero-order valence-electron chi connectivity index (χ0n) is 8.23. The summed E-state index contributed by atoms with van der Waals surface area (Å²) in [6.45, 7) is 0.0773. The monoisotopic (exact) mass is 204 g/mol. The minimum absolute atomic E-state index is 0.0437. The highest BCUT2D eigenvalue weighted by molar-refractivity contribution is 5.77. The van der Waals surface area contributed by atoms with Gasteiger partial charge in [0.2, 0.25) is 5.43 Å². The Morgan fingerprint density at radius 3 is 2.93 bits per heavy atom. The maximum atomic E-state index is 11.9. The van der Waals surface area contributed by atoms with E-state index >= 15 is 0 Å². The molecule has 15 heavy (non-hydrogen) atoms. The van der Waals surface area contributed by atoms with Crippen LogP contribution >= 0.6 is 0 Å². The van der Waals surface area contributed by atoms with E-state index in [1.807, 2.05) is 18.2 Å². The molecule has 0 amide bonds. The third kappa shape index (κ3) is 1.89. The smallest absolute Gasteiger partial charge is 0.211 e. The predicted octanol–water partition coefficient (Wildman–Crippen LogP) is 0.848. The number of fused-ring (bicyclic) bond motifs is 1. The summed E-state index contributed by atoms with van der Waals surface area (Å²) in [6, 6.07) is 7.28. The van der Waals surface area contributed by atoms with Crippen molar-refractivity contribution in [2.24, 2.45) is 0 Å². The van der Waals surface area contributed by atoms with Crippen LogP contribution in [0.25, 0.3) is 10.9 Å². The number of rotatable bonds is 3. The summed E-state index contributed by atoms with van der Waals surface area (Å²) >= 11 is 0. The number of hydrogen-bond donors (Lipinski definition) is 2. The van der Waals surface area contributed by atoms with Crippen LogP contribution in [0.15, 0.2) is 29.1 Å². The minimum Gasteiger partial charge on any atom is -0.396 e. The number of benzene rings is 1. The Morgan fingerprint density at radius 1 is 1.33 bits per heavy atom. The number of nitrogens with one attached hydrogen (secondary N) is 1. The molecule has 1 aromatic carbocycles. The van der Waals surface area contributed by atoms with E-state index in [4.69, 9.17) is 5.11 Å². The zero-order valence-corrected chi connectivity index (χ0v) is 8.23. The molecule has 2 aromatic rings. The van der Waals surface area contributed by atoms with Crippen molar-refractivity contribution >= 4 is 10.9 Å². The Bertz CT molecular complexity index is 519. The van der Waals surface area contributed by atoms with Gasteiger partial charge < -0.3 is 5.11 Å². The molecule has 1 heterocycles. The normalized spacial score (nSPS) is 10.7. The van der Waals surface area contributed by atoms with Gasteiger partial charge in [0.15, 0.2) is 0 Å². The average molecular weight is 204 g/mol. The number of aromatic amines is 1. The molecule has 4 heteroatoms. The first kappa shape index (κ1) is 9.86. The maximum absolute atomic E-state index is 11.9. The highest BCUT2D eigenvalue weighted by atomic mass is 16.2. The Balaban J connectivity index is 2.51. The Kier molecular flexibility index (Phi) is 2.78. The number of aliphatic hydroxyl groups excluding tert-OH is 1. The van der Waals surface area contributed by atoms with Gasteiger partial charge in [-0.3, -0.25) is 9.89 Å². The summed E-state index contributed by atoms with van der Waals surface area (Å²) in [5.74, 6) is 0. The van der Waals surface area contributed by atoms with E-state index in [1.54, 1.807) is 6.07 Å². The molecule has 0 saturated heterocycles. The fourth-order valence-corrected chi connectivity index (χ4v) is 1.53. The number of aryl methyl sites for hydroxylation is 1. The van der Waals surface area contributed by atoms with Crippen LogP contribution in [0.4, 0.5) is 0 Å². The molecule has 2 N–H and O–H groups in total. The van der Waals surface area contributed by atoms with E-state index in [1.165, 1.54) is 0 Å². The standard InChI is InChI=1S/C11H12N2O2/c14-7-3-6-10-11(15)8-4-1-2-5-9(8)12-13-10/h1-2,4-5,14H,3,6-7H2,(H,12,15). The molecular formula is C11H12N2O2. The van der Waals surface area contributed by atoms with Crippen LogP contribution in [-0.2, 0) is 6.42 Å². The highest BCUT2D eigenvalue weighted by Crippen LogP contribution is 2.05. The third-order valence-electron chi connectivity index (χ3n) is 2.32. The fraction of sp³-hybridized carbons (Fsp3) is 0.273. The number of H-pyrrole nitrogens is 1. The molecule has 0 bridgehead atoms. The van der Waals surface area contributed by atoms with E-state index in [0.717, 1.165) is 5.52 Å². The molecular weight excluding hydrogens is 192 g/mol. The van der Waals surface area contributed by atoms with Crippen molar-refractivity contribution in [1.29, 1.82) is 0 Å². The fourth-order valence-electron chi connectivity index (χ4n) is 1.53. The van der Waals surface area contributed by atoms with Crippen molar-refractivity contribution in [2.45, 2.75) is 12.8 Å². The van der Waals surface area contributed by atoms with Gasteiger partial charge in [-0.25, -0.2) is 0 Å². The van der Waals surface area contributed by atoms with Crippen molar-refractivity contribution in [3.05, 3.63) is 40.2 Å². The van der Waals surface area contributed by atoms with Crippen LogP contribution in [0.2, 0.25) is 0 Å². The molecule has 0 unspecified atom stereocenters. The van der Waals surface area contributed by atoms with Gasteiger partial charge in [0.05, 0.1) is 5.52 Å². The molecule has 0 fully saturated rings. The minimum atomic E-state index is -0.0437. The summed E-state index contributed by atoms with van der Waals surface area (Å²) in [4.78, 5) is 11.9. The summed E-state index contributed by atoms with van der Waals surface area (Å²) < 4.78 is 0. The van der Waals surface area contributed by atoms with Crippen LogP contribution in [0.5, 0.6) is 0 Å². The van der Waals surface area contributed by atoms with Crippen LogP contribution in [-0.4, -0.2) is 21.9 Å². The molecule has 4 nitrogen and oxygen atoms in total. The Morgan fingerprint density at radius 2 is 2.13 bits per heavy atom. The topological polar surface area (TPSA) is 66.0 Å². The highest BCUT2D eigenvalue weighted by Gasteiger charge is 2.05. The molecule has 78 valence electrons. The van der Waals surface area contributed by atoms with Crippen molar-refractivity contribution in [1.82, 2.24) is 10.2 Å². The summed E-state index contributed by atoms with van der Waals surface area (Å²) in [5, 5.41) is 16.2. The lowest BCUT2D eigenvalue weighted by Crippen LogP contribution is -2.13. The lowest BCUT2D eigenvalue weighted by atomic mass is 10.1. The van der Waals surface area contributed by atoms with Crippen molar-refractivity contribution in [3.8, 4) is 0 Å². The van der Waals surface area contributed by atoms with Gasteiger partial charge in [-0.2, -0.15) is 5.10 Å². The summed E-state index contributed by atoms with van der Waals surface area (Å²) in [6.07, 6.45) is 1.07. The first-order valence-electron chi connectivity index (χ1n) is 4.90. The molecule has 0 saturated carbocycles. The van der Waals surface area contributed by atoms with Crippen molar-refractivity contribution in [2.75, 3.05) is 6.61 Å². The molecule has 0 atom stereocenters. The number of nitrogens with zero attached hydrogens (tertiary/aromatic N) is 1. The first-order chi connectivity index (χ1) is 7.33.